The summed E-state index contributed by atoms with van der Waals surface area (Å²) in [5, 5.41) is 13.7. The van der Waals surface area contributed by atoms with Gasteiger partial charge in [0.25, 0.3) is 5.95 Å². The third kappa shape index (κ3) is 2.24. The van der Waals surface area contributed by atoms with E-state index in [0.29, 0.717) is 0 Å². The molecule has 70 valence electrons. The standard InChI is InChI=1S/C5H6N4O4/c6-1-2(10)7-5-8-3(4(11)12)13-9-5/h1,6H2,(H,11,12)(H,7,9,10). The molecule has 1 amide bonds. The van der Waals surface area contributed by atoms with Crippen molar-refractivity contribution < 1.29 is 19.2 Å². The Morgan fingerprint density at radius 3 is 2.77 bits per heavy atom. The summed E-state index contributed by atoms with van der Waals surface area (Å²) in [6.45, 7) is -0.239. The number of carbonyl (C=O) groups is 2. The van der Waals surface area contributed by atoms with E-state index in [4.69, 9.17) is 10.8 Å². The quantitative estimate of drug-likeness (QED) is 0.532. The fourth-order valence-electron chi connectivity index (χ4n) is 0.537. The van der Waals surface area contributed by atoms with E-state index in [9.17, 15) is 9.59 Å². The van der Waals surface area contributed by atoms with Gasteiger partial charge in [-0.2, -0.15) is 4.98 Å². The second-order valence-electron chi connectivity index (χ2n) is 1.98. The first-order valence-electron chi connectivity index (χ1n) is 3.20. The minimum absolute atomic E-state index is 0.215. The Bertz CT molecular complexity index is 333. The van der Waals surface area contributed by atoms with Crippen LogP contribution in [-0.4, -0.2) is 33.7 Å². The van der Waals surface area contributed by atoms with Crippen LogP contribution in [0.3, 0.4) is 0 Å². The fourth-order valence-corrected chi connectivity index (χ4v) is 0.537. The summed E-state index contributed by atoms with van der Waals surface area (Å²) >= 11 is 0. The lowest BCUT2D eigenvalue weighted by Crippen LogP contribution is -2.22. The second-order valence-corrected chi connectivity index (χ2v) is 1.98. The Morgan fingerprint density at radius 2 is 2.31 bits per heavy atom. The van der Waals surface area contributed by atoms with Gasteiger partial charge in [-0.15, -0.1) is 0 Å². The maximum absolute atomic E-state index is 10.7. The van der Waals surface area contributed by atoms with Crippen molar-refractivity contribution in [2.75, 3.05) is 11.9 Å². The van der Waals surface area contributed by atoms with Crippen molar-refractivity contribution in [3.63, 3.8) is 0 Å². The van der Waals surface area contributed by atoms with Gasteiger partial charge in [0.2, 0.25) is 5.91 Å². The minimum Gasteiger partial charge on any atom is -0.474 e. The van der Waals surface area contributed by atoms with Crippen molar-refractivity contribution in [3.8, 4) is 0 Å². The molecule has 1 aromatic rings. The first-order valence-corrected chi connectivity index (χ1v) is 3.20. The molecule has 0 aliphatic heterocycles. The minimum atomic E-state index is -1.36. The van der Waals surface area contributed by atoms with E-state index in [2.05, 4.69) is 20.0 Å². The summed E-state index contributed by atoms with van der Waals surface area (Å²) < 4.78 is 4.26. The molecule has 1 rings (SSSR count). The largest absolute Gasteiger partial charge is 0.474 e. The summed E-state index contributed by atoms with van der Waals surface area (Å²) in [7, 11) is 0. The van der Waals surface area contributed by atoms with E-state index >= 15 is 0 Å². The summed E-state index contributed by atoms with van der Waals surface area (Å²) in [5.74, 6) is -2.70. The van der Waals surface area contributed by atoms with Gasteiger partial charge in [0.15, 0.2) is 0 Å². The van der Waals surface area contributed by atoms with Crippen LogP contribution in [-0.2, 0) is 4.79 Å². The Morgan fingerprint density at radius 1 is 1.62 bits per heavy atom. The van der Waals surface area contributed by atoms with E-state index in [1.807, 2.05) is 0 Å². The van der Waals surface area contributed by atoms with Gasteiger partial charge in [-0.25, -0.2) is 4.79 Å². The number of hydrogen-bond acceptors (Lipinski definition) is 6. The van der Waals surface area contributed by atoms with E-state index < -0.39 is 17.8 Å². The smallest absolute Gasteiger partial charge is 0.394 e. The Balaban J connectivity index is 2.69. The van der Waals surface area contributed by atoms with Gasteiger partial charge < -0.3 is 15.4 Å². The lowest BCUT2D eigenvalue weighted by molar-refractivity contribution is -0.115. The van der Waals surface area contributed by atoms with Crippen molar-refractivity contribution in [3.05, 3.63) is 5.89 Å². The third-order valence-electron chi connectivity index (χ3n) is 1.05. The molecule has 0 radical (unpaired) electrons. The molecule has 8 heteroatoms. The van der Waals surface area contributed by atoms with E-state index in [1.165, 1.54) is 0 Å². The van der Waals surface area contributed by atoms with Gasteiger partial charge in [-0.3, -0.25) is 10.1 Å². The van der Waals surface area contributed by atoms with Crippen LogP contribution < -0.4 is 11.1 Å². The monoisotopic (exact) mass is 186 g/mol. The van der Waals surface area contributed by atoms with Gasteiger partial charge in [0.1, 0.15) is 0 Å². The molecule has 0 bridgehead atoms. The number of carbonyl (C=O) groups excluding carboxylic acids is 1. The summed E-state index contributed by atoms with van der Waals surface area (Å²) in [4.78, 5) is 24.2. The number of aromatic nitrogens is 2. The number of carboxylic acid groups (broad SMARTS) is 1. The molecule has 0 saturated carbocycles. The van der Waals surface area contributed by atoms with Crippen molar-refractivity contribution in [2.24, 2.45) is 5.73 Å². The third-order valence-corrected chi connectivity index (χ3v) is 1.05. The lowest BCUT2D eigenvalue weighted by Gasteiger charge is -1.92. The Hall–Kier alpha value is -1.96. The van der Waals surface area contributed by atoms with Crippen molar-refractivity contribution in [1.29, 1.82) is 0 Å². The van der Waals surface area contributed by atoms with Gasteiger partial charge in [0, 0.05) is 0 Å². The molecular formula is C5H6N4O4. The highest BCUT2D eigenvalue weighted by molar-refractivity contribution is 5.90. The average molecular weight is 186 g/mol. The Labute approximate surface area is 71.7 Å². The molecule has 0 saturated heterocycles. The molecule has 0 aromatic carbocycles. The molecule has 8 nitrogen and oxygen atoms in total. The molecular weight excluding hydrogens is 180 g/mol. The highest BCUT2D eigenvalue weighted by Gasteiger charge is 2.13. The summed E-state index contributed by atoms with van der Waals surface area (Å²) in [6.07, 6.45) is 0. The second kappa shape index (κ2) is 3.63. The van der Waals surface area contributed by atoms with Gasteiger partial charge >= 0.3 is 11.9 Å². The van der Waals surface area contributed by atoms with Crippen LogP contribution in [0.5, 0.6) is 0 Å². The zero-order chi connectivity index (χ0) is 9.84. The normalized spacial score (nSPS) is 9.62. The number of aromatic carboxylic acids is 1. The number of nitrogens with zero attached hydrogens (tertiary/aromatic N) is 2. The van der Waals surface area contributed by atoms with Crippen LogP contribution in [0.2, 0.25) is 0 Å². The van der Waals surface area contributed by atoms with Crippen LogP contribution in [0.25, 0.3) is 0 Å². The molecule has 0 atom stereocenters. The topological polar surface area (TPSA) is 131 Å². The molecule has 4 N–H and O–H groups in total. The number of anilines is 1. The number of carboxylic acids is 1. The summed E-state index contributed by atoms with van der Waals surface area (Å²) in [5.41, 5.74) is 4.97. The number of rotatable bonds is 3. The lowest BCUT2D eigenvalue weighted by atomic mass is 10.6. The molecule has 0 aliphatic rings. The number of nitrogens with one attached hydrogen (secondary N) is 1. The number of amides is 1. The molecule has 1 heterocycles. The first kappa shape index (κ1) is 9.13. The van der Waals surface area contributed by atoms with Crippen molar-refractivity contribution in [1.82, 2.24) is 10.1 Å². The van der Waals surface area contributed by atoms with Crippen LogP contribution >= 0.6 is 0 Å². The highest BCUT2D eigenvalue weighted by Crippen LogP contribution is 2.01. The van der Waals surface area contributed by atoms with Crippen LogP contribution in [0.4, 0.5) is 5.95 Å². The highest BCUT2D eigenvalue weighted by atomic mass is 16.5. The molecule has 0 fully saturated rings. The van der Waals surface area contributed by atoms with Crippen molar-refractivity contribution >= 4 is 17.8 Å². The van der Waals surface area contributed by atoms with Crippen molar-refractivity contribution in [2.45, 2.75) is 0 Å². The number of nitrogens with two attached hydrogens (primary N) is 1. The van der Waals surface area contributed by atoms with Crippen LogP contribution in [0.15, 0.2) is 4.52 Å². The molecule has 0 unspecified atom stereocenters. The maximum atomic E-state index is 10.7. The molecule has 13 heavy (non-hydrogen) atoms. The van der Waals surface area contributed by atoms with Crippen LogP contribution in [0, 0.1) is 0 Å². The van der Waals surface area contributed by atoms with Gasteiger partial charge in [0.05, 0.1) is 6.54 Å². The van der Waals surface area contributed by atoms with E-state index in [-0.39, 0.29) is 12.5 Å². The fraction of sp³-hybridized carbons (Fsp3) is 0.200. The molecule has 1 aromatic heterocycles. The first-order chi connectivity index (χ1) is 6.13. The van der Waals surface area contributed by atoms with E-state index in [0.717, 1.165) is 0 Å². The van der Waals surface area contributed by atoms with Gasteiger partial charge in [-0.1, -0.05) is 0 Å². The summed E-state index contributed by atoms with van der Waals surface area (Å²) in [6, 6.07) is 0. The molecule has 0 spiro atoms. The number of hydrogen-bond donors (Lipinski definition) is 3. The maximum Gasteiger partial charge on any atom is 0.394 e. The van der Waals surface area contributed by atoms with E-state index in [1.54, 1.807) is 0 Å². The SMILES string of the molecule is NCC(=O)Nc1noc(C(=O)O)n1. The predicted molar refractivity (Wildman–Crippen MR) is 38.9 cm³/mol. The molecule has 0 aliphatic carbocycles. The predicted octanol–water partition coefficient (Wildman–Crippen LogP) is -1.34. The van der Waals surface area contributed by atoms with Gasteiger partial charge in [-0.05, 0) is 5.16 Å². The van der Waals surface area contributed by atoms with Crippen LogP contribution in [0.1, 0.15) is 10.7 Å². The Kier molecular flexibility index (Phi) is 2.55. The zero-order valence-corrected chi connectivity index (χ0v) is 6.35. The zero-order valence-electron chi connectivity index (χ0n) is 6.35. The average Bonchev–Trinajstić information content (AvgIpc) is 2.52.